The number of carboxylic acid groups (broad SMARTS) is 1. The second-order valence-electron chi connectivity index (χ2n) is 7.44. The fourth-order valence-electron chi connectivity index (χ4n) is 2.59. The van der Waals surface area contributed by atoms with Crippen LogP contribution < -0.4 is 15.4 Å². The molecule has 27 heavy (non-hydrogen) atoms. The van der Waals surface area contributed by atoms with Gasteiger partial charge in [0.2, 0.25) is 0 Å². The molecule has 0 spiro atoms. The highest BCUT2D eigenvalue weighted by Gasteiger charge is 2.19. The van der Waals surface area contributed by atoms with Crippen LogP contribution in [-0.4, -0.2) is 23.8 Å². The summed E-state index contributed by atoms with van der Waals surface area (Å²) in [6.07, 6.45) is -0.0486. The number of nitrogens with one attached hydrogen (secondary N) is 2. The molecule has 0 aromatic heterocycles. The number of ether oxygens (including phenoxy) is 1. The lowest BCUT2D eigenvalue weighted by Gasteiger charge is -2.23. The van der Waals surface area contributed by atoms with Crippen molar-refractivity contribution in [1.82, 2.24) is 5.32 Å². The van der Waals surface area contributed by atoms with Crippen LogP contribution in [0.15, 0.2) is 42.5 Å². The van der Waals surface area contributed by atoms with Gasteiger partial charge in [-0.25, -0.2) is 4.79 Å². The maximum atomic E-state index is 12.0. The Hall–Kier alpha value is -3.02. The number of aryl methyl sites for hydroxylation is 1. The van der Waals surface area contributed by atoms with Crippen molar-refractivity contribution in [3.63, 3.8) is 0 Å². The summed E-state index contributed by atoms with van der Waals surface area (Å²) in [5.41, 5.74) is 3.42. The van der Waals surface area contributed by atoms with Crippen LogP contribution >= 0.6 is 0 Å². The van der Waals surface area contributed by atoms with E-state index in [9.17, 15) is 9.59 Å². The summed E-state index contributed by atoms with van der Waals surface area (Å²) in [7, 11) is 0. The topological polar surface area (TPSA) is 87.7 Å². The number of aliphatic carboxylic acids is 1. The van der Waals surface area contributed by atoms with Gasteiger partial charge in [-0.2, -0.15) is 0 Å². The zero-order valence-electron chi connectivity index (χ0n) is 16.1. The molecule has 2 aromatic rings. The first kappa shape index (κ1) is 20.3. The summed E-state index contributed by atoms with van der Waals surface area (Å²) in [6, 6.07) is 12.2. The number of amides is 2. The van der Waals surface area contributed by atoms with Crippen molar-refractivity contribution >= 4 is 17.7 Å². The lowest BCUT2D eigenvalue weighted by molar-refractivity contribution is -0.136. The van der Waals surface area contributed by atoms with Gasteiger partial charge in [-0.3, -0.25) is 4.79 Å². The minimum Gasteiger partial charge on any atom is -0.481 e. The third kappa shape index (κ3) is 6.33. The van der Waals surface area contributed by atoms with Gasteiger partial charge in [0.15, 0.2) is 6.73 Å². The highest BCUT2D eigenvalue weighted by Crippen LogP contribution is 2.31. The second kappa shape index (κ2) is 8.58. The first-order valence-corrected chi connectivity index (χ1v) is 8.74. The highest BCUT2D eigenvalue weighted by molar-refractivity contribution is 5.89. The number of carbonyl (C=O) groups excluding carboxylic acids is 1. The Labute approximate surface area is 159 Å². The molecule has 0 fully saturated rings. The van der Waals surface area contributed by atoms with Crippen LogP contribution in [0.3, 0.4) is 0 Å². The van der Waals surface area contributed by atoms with E-state index in [0.29, 0.717) is 11.3 Å². The maximum absolute atomic E-state index is 12.0. The maximum Gasteiger partial charge on any atom is 0.321 e. The summed E-state index contributed by atoms with van der Waals surface area (Å²) in [6.45, 7) is 8.41. The molecule has 6 nitrogen and oxygen atoms in total. The van der Waals surface area contributed by atoms with E-state index in [1.165, 1.54) is 0 Å². The smallest absolute Gasteiger partial charge is 0.321 e. The molecule has 0 bridgehead atoms. The highest BCUT2D eigenvalue weighted by atomic mass is 16.5. The van der Waals surface area contributed by atoms with Crippen molar-refractivity contribution in [2.45, 2.75) is 39.5 Å². The van der Waals surface area contributed by atoms with Crippen LogP contribution in [0, 0.1) is 6.92 Å². The van der Waals surface area contributed by atoms with Crippen molar-refractivity contribution in [2.24, 2.45) is 0 Å². The largest absolute Gasteiger partial charge is 0.481 e. The van der Waals surface area contributed by atoms with E-state index in [4.69, 9.17) is 9.84 Å². The minimum atomic E-state index is -0.892. The lowest BCUT2D eigenvalue weighted by Crippen LogP contribution is -2.32. The van der Waals surface area contributed by atoms with Gasteiger partial charge in [0.1, 0.15) is 5.75 Å². The first-order valence-electron chi connectivity index (χ1n) is 8.74. The molecule has 0 aliphatic rings. The Kier molecular flexibility index (Phi) is 6.45. The monoisotopic (exact) mass is 370 g/mol. The third-order valence-corrected chi connectivity index (χ3v) is 3.97. The molecule has 0 unspecified atom stereocenters. The number of carboxylic acids is 1. The van der Waals surface area contributed by atoms with Crippen LogP contribution in [0.2, 0.25) is 0 Å². The molecule has 0 radical (unpaired) electrons. The number of hydrogen-bond donors (Lipinski definition) is 3. The molecule has 0 aliphatic carbocycles. The molecule has 144 valence electrons. The van der Waals surface area contributed by atoms with Gasteiger partial charge in [-0.05, 0) is 41.7 Å². The van der Waals surface area contributed by atoms with Crippen molar-refractivity contribution in [3.05, 3.63) is 59.2 Å². The summed E-state index contributed by atoms with van der Waals surface area (Å²) in [5.74, 6) is -0.150. The Bertz CT molecular complexity index is 808. The van der Waals surface area contributed by atoms with Gasteiger partial charge in [0, 0.05) is 5.69 Å². The summed E-state index contributed by atoms with van der Waals surface area (Å²) >= 11 is 0. The van der Waals surface area contributed by atoms with Gasteiger partial charge in [-0.15, -0.1) is 0 Å². The van der Waals surface area contributed by atoms with Crippen LogP contribution in [0.4, 0.5) is 10.5 Å². The molecular weight excluding hydrogens is 344 g/mol. The molecule has 6 heteroatoms. The van der Waals surface area contributed by atoms with Gasteiger partial charge in [0.05, 0.1) is 6.42 Å². The van der Waals surface area contributed by atoms with E-state index in [1.807, 2.05) is 19.1 Å². The van der Waals surface area contributed by atoms with Gasteiger partial charge in [-0.1, -0.05) is 50.6 Å². The molecule has 2 aromatic carbocycles. The molecule has 0 saturated heterocycles. The zero-order chi connectivity index (χ0) is 20.0. The SMILES string of the molecule is Cc1ccc(OCNC(=O)Nc2ccc(CC(=O)O)cc2)c(C(C)(C)C)c1. The van der Waals surface area contributed by atoms with Crippen molar-refractivity contribution in [2.75, 3.05) is 12.0 Å². The third-order valence-electron chi connectivity index (χ3n) is 3.97. The van der Waals surface area contributed by atoms with Crippen molar-refractivity contribution in [1.29, 1.82) is 0 Å². The van der Waals surface area contributed by atoms with Gasteiger partial charge < -0.3 is 20.5 Å². The Morgan fingerprint density at radius 2 is 1.74 bits per heavy atom. The molecule has 3 N–H and O–H groups in total. The standard InChI is InChI=1S/C21H26N2O4/c1-14-5-10-18(17(11-14)21(2,3)4)27-13-22-20(26)23-16-8-6-15(7-9-16)12-19(24)25/h5-11H,12-13H2,1-4H3,(H,24,25)(H2,22,23,26). The van der Waals surface area contributed by atoms with E-state index in [2.05, 4.69) is 37.5 Å². The molecule has 0 aliphatic heterocycles. The molecule has 0 heterocycles. The molecular formula is C21H26N2O4. The van der Waals surface area contributed by atoms with E-state index in [0.717, 1.165) is 16.9 Å². The Morgan fingerprint density at radius 1 is 1.07 bits per heavy atom. The van der Waals surface area contributed by atoms with E-state index in [-0.39, 0.29) is 18.6 Å². The Balaban J connectivity index is 1.89. The van der Waals surface area contributed by atoms with Gasteiger partial charge >= 0.3 is 12.0 Å². The molecule has 0 atom stereocenters. The second-order valence-corrected chi connectivity index (χ2v) is 7.44. The minimum absolute atomic E-state index is 0.0368. The van der Waals surface area contributed by atoms with Crippen LogP contribution in [0.5, 0.6) is 5.75 Å². The average Bonchev–Trinajstić information content (AvgIpc) is 2.56. The number of anilines is 1. The normalized spacial score (nSPS) is 11.0. The molecule has 0 saturated carbocycles. The number of rotatable bonds is 6. The van der Waals surface area contributed by atoms with E-state index in [1.54, 1.807) is 24.3 Å². The van der Waals surface area contributed by atoms with Crippen LogP contribution in [0.1, 0.15) is 37.5 Å². The van der Waals surface area contributed by atoms with Crippen LogP contribution in [-0.2, 0) is 16.6 Å². The number of carbonyl (C=O) groups is 2. The predicted octanol–water partition coefficient (Wildman–Crippen LogP) is 4.08. The molecule has 2 rings (SSSR count). The van der Waals surface area contributed by atoms with Crippen LogP contribution in [0.25, 0.3) is 0 Å². The van der Waals surface area contributed by atoms with Crippen molar-refractivity contribution < 1.29 is 19.4 Å². The summed E-state index contributed by atoms with van der Waals surface area (Å²) in [5, 5.41) is 14.1. The summed E-state index contributed by atoms with van der Waals surface area (Å²) in [4.78, 5) is 22.7. The Morgan fingerprint density at radius 3 is 2.33 bits per heavy atom. The lowest BCUT2D eigenvalue weighted by atomic mass is 9.85. The fourth-order valence-corrected chi connectivity index (χ4v) is 2.59. The van der Waals surface area contributed by atoms with Crippen molar-refractivity contribution in [3.8, 4) is 5.75 Å². The summed E-state index contributed by atoms with van der Waals surface area (Å²) < 4.78 is 5.75. The zero-order valence-corrected chi connectivity index (χ0v) is 16.1. The van der Waals surface area contributed by atoms with Gasteiger partial charge in [0.25, 0.3) is 0 Å². The number of benzene rings is 2. The van der Waals surface area contributed by atoms with E-state index >= 15 is 0 Å². The fraction of sp³-hybridized carbons (Fsp3) is 0.333. The quantitative estimate of drug-likeness (QED) is 0.669. The van der Waals surface area contributed by atoms with E-state index < -0.39 is 12.0 Å². The molecule has 2 amide bonds. The average molecular weight is 370 g/mol. The number of hydrogen-bond acceptors (Lipinski definition) is 3. The number of urea groups is 1. The predicted molar refractivity (Wildman–Crippen MR) is 105 cm³/mol. The first-order chi connectivity index (χ1) is 12.6.